The van der Waals surface area contributed by atoms with Gasteiger partial charge in [0.05, 0.1) is 6.54 Å². The second kappa shape index (κ2) is 13.1. The number of guanidine groups is 1. The van der Waals surface area contributed by atoms with E-state index in [9.17, 15) is 8.78 Å². The van der Waals surface area contributed by atoms with Crippen LogP contribution in [0.5, 0.6) is 17.2 Å². The quantitative estimate of drug-likeness (QED) is 0.275. The van der Waals surface area contributed by atoms with Crippen LogP contribution in [0.25, 0.3) is 0 Å². The number of benzene rings is 1. The largest absolute Gasteiger partial charge is 0.454 e. The van der Waals surface area contributed by atoms with E-state index in [1.165, 1.54) is 32.0 Å². The molecule has 1 aromatic rings. The Morgan fingerprint density at radius 3 is 2.55 bits per heavy atom. The summed E-state index contributed by atoms with van der Waals surface area (Å²) < 4.78 is 40.9. The fraction of sp³-hybridized carbons (Fsp3) is 0.667. The molecule has 0 saturated carbocycles. The Kier molecular flexibility index (Phi) is 10.9. The standard InChI is InChI=1S/C21H32F2N4O3.HI/c1-3-24-21(25-8-5-15-6-9-27(4-2)10-7-15)26-13-16-11-18-19(29-14-28-18)12-17(16)30-20(22)23;/h11-12,15,20H,3-10,13-14H2,1-2H3,(H2,24,25,26);1H. The van der Waals surface area contributed by atoms with Gasteiger partial charge in [-0.05, 0) is 57.8 Å². The van der Waals surface area contributed by atoms with Crippen LogP contribution in [-0.2, 0) is 6.54 Å². The highest BCUT2D eigenvalue weighted by Gasteiger charge is 2.20. The SMILES string of the molecule is CCNC(=NCc1cc2c(cc1OC(F)F)OCO2)NCCC1CCN(CC)CC1.I. The third-order valence-electron chi connectivity index (χ3n) is 5.52. The van der Waals surface area contributed by atoms with Crippen molar-refractivity contribution in [3.05, 3.63) is 17.7 Å². The molecule has 1 fully saturated rings. The zero-order chi connectivity index (χ0) is 21.3. The summed E-state index contributed by atoms with van der Waals surface area (Å²) in [6.07, 6.45) is 3.55. The molecule has 0 bridgehead atoms. The number of aliphatic imine (C=N–C) groups is 1. The van der Waals surface area contributed by atoms with Gasteiger partial charge in [0.25, 0.3) is 0 Å². The lowest BCUT2D eigenvalue weighted by Gasteiger charge is -2.31. The molecule has 0 amide bonds. The van der Waals surface area contributed by atoms with Gasteiger partial charge in [-0.1, -0.05) is 6.92 Å². The van der Waals surface area contributed by atoms with Crippen LogP contribution in [0.1, 0.15) is 38.7 Å². The van der Waals surface area contributed by atoms with E-state index in [-0.39, 0.29) is 43.1 Å². The summed E-state index contributed by atoms with van der Waals surface area (Å²) in [7, 11) is 0. The van der Waals surface area contributed by atoms with E-state index < -0.39 is 6.61 Å². The van der Waals surface area contributed by atoms with E-state index in [1.54, 1.807) is 6.07 Å². The molecule has 1 saturated heterocycles. The molecule has 31 heavy (non-hydrogen) atoms. The molecule has 1 aromatic carbocycles. The molecule has 3 rings (SSSR count). The van der Waals surface area contributed by atoms with E-state index in [4.69, 9.17) is 9.47 Å². The third kappa shape index (κ3) is 7.81. The van der Waals surface area contributed by atoms with E-state index in [1.807, 2.05) is 6.92 Å². The van der Waals surface area contributed by atoms with Gasteiger partial charge in [0.1, 0.15) is 5.75 Å². The summed E-state index contributed by atoms with van der Waals surface area (Å²) in [5.41, 5.74) is 0.517. The topological polar surface area (TPSA) is 67.4 Å². The number of fused-ring (bicyclic) bond motifs is 1. The van der Waals surface area contributed by atoms with Gasteiger partial charge < -0.3 is 29.7 Å². The van der Waals surface area contributed by atoms with Crippen LogP contribution in [0.3, 0.4) is 0 Å². The molecule has 0 aromatic heterocycles. The van der Waals surface area contributed by atoms with Crippen LogP contribution in [0.15, 0.2) is 17.1 Å². The van der Waals surface area contributed by atoms with Crippen molar-refractivity contribution < 1.29 is 23.0 Å². The first-order valence-electron chi connectivity index (χ1n) is 10.7. The molecule has 0 atom stereocenters. The van der Waals surface area contributed by atoms with Crippen molar-refractivity contribution in [1.82, 2.24) is 15.5 Å². The first-order valence-corrected chi connectivity index (χ1v) is 10.7. The maximum absolute atomic E-state index is 12.8. The number of hydrogen-bond acceptors (Lipinski definition) is 5. The summed E-state index contributed by atoms with van der Waals surface area (Å²) in [5, 5.41) is 6.56. The highest BCUT2D eigenvalue weighted by Crippen LogP contribution is 2.39. The van der Waals surface area contributed by atoms with Crippen molar-refractivity contribution in [2.45, 2.75) is 46.3 Å². The summed E-state index contributed by atoms with van der Waals surface area (Å²) in [6, 6.07) is 3.08. The number of nitrogens with zero attached hydrogens (tertiary/aromatic N) is 2. The van der Waals surface area contributed by atoms with Gasteiger partial charge >= 0.3 is 6.61 Å². The van der Waals surface area contributed by atoms with Crippen LogP contribution >= 0.6 is 24.0 Å². The Bertz CT molecular complexity index is 716. The maximum Gasteiger partial charge on any atom is 0.387 e. The van der Waals surface area contributed by atoms with Gasteiger partial charge in [-0.3, -0.25) is 0 Å². The number of rotatable bonds is 9. The first kappa shape index (κ1) is 25.7. The predicted octanol–water partition coefficient (Wildman–Crippen LogP) is 3.81. The Morgan fingerprint density at radius 1 is 1.19 bits per heavy atom. The summed E-state index contributed by atoms with van der Waals surface area (Å²) in [5.74, 6) is 2.35. The Balaban J connectivity index is 0.00000341. The minimum atomic E-state index is -2.92. The first-order chi connectivity index (χ1) is 14.6. The summed E-state index contributed by atoms with van der Waals surface area (Å²) in [4.78, 5) is 7.04. The second-order valence-corrected chi connectivity index (χ2v) is 7.48. The van der Waals surface area contributed by atoms with Gasteiger partial charge in [-0.15, -0.1) is 24.0 Å². The van der Waals surface area contributed by atoms with Gasteiger partial charge in [0.2, 0.25) is 6.79 Å². The van der Waals surface area contributed by atoms with Crippen molar-refractivity contribution in [3.8, 4) is 17.2 Å². The zero-order valence-electron chi connectivity index (χ0n) is 18.2. The van der Waals surface area contributed by atoms with Gasteiger partial charge in [-0.25, -0.2) is 4.99 Å². The number of nitrogens with one attached hydrogen (secondary N) is 2. The average Bonchev–Trinajstić information content (AvgIpc) is 3.19. The molecule has 0 aliphatic carbocycles. The fourth-order valence-electron chi connectivity index (χ4n) is 3.79. The van der Waals surface area contributed by atoms with Crippen molar-refractivity contribution >= 4 is 29.9 Å². The Hall–Kier alpha value is -1.56. The van der Waals surface area contributed by atoms with E-state index >= 15 is 0 Å². The lowest BCUT2D eigenvalue weighted by Crippen LogP contribution is -2.39. The van der Waals surface area contributed by atoms with E-state index in [0.29, 0.717) is 29.6 Å². The highest BCUT2D eigenvalue weighted by molar-refractivity contribution is 14.0. The van der Waals surface area contributed by atoms with Gasteiger partial charge in [-0.2, -0.15) is 8.78 Å². The fourth-order valence-corrected chi connectivity index (χ4v) is 3.79. The smallest absolute Gasteiger partial charge is 0.387 e. The summed E-state index contributed by atoms with van der Waals surface area (Å²) in [6.45, 7) is 6.53. The van der Waals surface area contributed by atoms with Crippen LogP contribution in [0, 0.1) is 5.92 Å². The lowest BCUT2D eigenvalue weighted by atomic mass is 9.93. The Labute approximate surface area is 199 Å². The molecule has 7 nitrogen and oxygen atoms in total. The molecule has 10 heteroatoms. The summed E-state index contributed by atoms with van der Waals surface area (Å²) >= 11 is 0. The number of halogens is 3. The molecule has 0 unspecified atom stereocenters. The average molecular weight is 554 g/mol. The molecule has 176 valence electrons. The number of alkyl halides is 2. The van der Waals surface area contributed by atoms with Crippen LogP contribution in [0.4, 0.5) is 8.78 Å². The molecule has 0 spiro atoms. The molecule has 2 aliphatic heterocycles. The molecular weight excluding hydrogens is 521 g/mol. The minimum Gasteiger partial charge on any atom is -0.454 e. The monoisotopic (exact) mass is 554 g/mol. The molecule has 0 radical (unpaired) electrons. The minimum absolute atomic E-state index is 0. The van der Waals surface area contributed by atoms with E-state index in [0.717, 1.165) is 25.4 Å². The van der Waals surface area contributed by atoms with Crippen molar-refractivity contribution in [2.24, 2.45) is 10.9 Å². The van der Waals surface area contributed by atoms with Crippen molar-refractivity contribution in [2.75, 3.05) is 39.5 Å². The van der Waals surface area contributed by atoms with Crippen LogP contribution in [0.2, 0.25) is 0 Å². The number of hydrogen-bond donors (Lipinski definition) is 2. The van der Waals surface area contributed by atoms with Crippen LogP contribution in [-0.4, -0.2) is 57.0 Å². The molecule has 2 heterocycles. The second-order valence-electron chi connectivity index (χ2n) is 7.48. The zero-order valence-corrected chi connectivity index (χ0v) is 20.5. The molecule has 2 aliphatic rings. The lowest BCUT2D eigenvalue weighted by molar-refractivity contribution is -0.0505. The van der Waals surface area contributed by atoms with Gasteiger partial charge in [0, 0.05) is 24.7 Å². The Morgan fingerprint density at radius 2 is 1.90 bits per heavy atom. The predicted molar refractivity (Wildman–Crippen MR) is 127 cm³/mol. The maximum atomic E-state index is 12.8. The van der Waals surface area contributed by atoms with Crippen molar-refractivity contribution in [3.63, 3.8) is 0 Å². The number of likely N-dealkylation sites (tertiary alicyclic amines) is 1. The van der Waals surface area contributed by atoms with Crippen LogP contribution < -0.4 is 24.8 Å². The third-order valence-corrected chi connectivity index (χ3v) is 5.52. The number of ether oxygens (including phenoxy) is 3. The molecular formula is C21H33F2IN4O3. The number of piperidine rings is 1. The van der Waals surface area contributed by atoms with Crippen molar-refractivity contribution in [1.29, 1.82) is 0 Å². The van der Waals surface area contributed by atoms with Gasteiger partial charge in [0.15, 0.2) is 17.5 Å². The molecule has 2 N–H and O–H groups in total. The normalized spacial score (nSPS) is 16.9. The highest BCUT2D eigenvalue weighted by atomic mass is 127. The van der Waals surface area contributed by atoms with E-state index in [2.05, 4.69) is 32.2 Å².